The minimum Gasteiger partial charge on any atom is -0.398 e. The van der Waals surface area contributed by atoms with Crippen molar-refractivity contribution in [3.05, 3.63) is 89.0 Å². The summed E-state index contributed by atoms with van der Waals surface area (Å²) in [5.41, 5.74) is 19.4. The van der Waals surface area contributed by atoms with Crippen LogP contribution in [0, 0.1) is 10.8 Å². The Kier molecular flexibility index (Phi) is 5.97. The molecular formula is C22H21N7O2. The zero-order valence-corrected chi connectivity index (χ0v) is 16.4. The molecule has 0 aliphatic rings. The molecule has 0 heterocycles. The van der Waals surface area contributed by atoms with Gasteiger partial charge in [0.2, 0.25) is 0 Å². The molecule has 3 aromatic carbocycles. The monoisotopic (exact) mass is 415 g/mol. The van der Waals surface area contributed by atoms with E-state index in [-0.39, 0.29) is 28.5 Å². The van der Waals surface area contributed by atoms with Gasteiger partial charge in [-0.25, -0.2) is 0 Å². The standard InChI is InChI=1S/C22H21N7O2/c23-18-11-14(21(30)28-15-5-1-3-12(9-15)19(24)25)7-8-17(18)22(31)29-16-6-2-4-13(10-16)20(26)27/h1-11H,23H2,(H3,24,25)(H3,26,27)(H,28,30)(H,29,31). The number of nitrogens with one attached hydrogen (secondary N) is 4. The molecule has 3 rings (SSSR count). The molecular weight excluding hydrogens is 394 g/mol. The van der Waals surface area contributed by atoms with Crippen molar-refractivity contribution in [2.45, 2.75) is 0 Å². The van der Waals surface area contributed by atoms with Crippen LogP contribution in [0.5, 0.6) is 0 Å². The van der Waals surface area contributed by atoms with Crippen LogP contribution in [0.1, 0.15) is 31.8 Å². The maximum absolute atomic E-state index is 12.6. The van der Waals surface area contributed by atoms with Crippen molar-refractivity contribution in [1.82, 2.24) is 0 Å². The van der Waals surface area contributed by atoms with Gasteiger partial charge >= 0.3 is 0 Å². The predicted molar refractivity (Wildman–Crippen MR) is 122 cm³/mol. The van der Waals surface area contributed by atoms with Gasteiger partial charge in [0.05, 0.1) is 5.56 Å². The van der Waals surface area contributed by atoms with Crippen LogP contribution >= 0.6 is 0 Å². The summed E-state index contributed by atoms with van der Waals surface area (Å²) < 4.78 is 0. The van der Waals surface area contributed by atoms with E-state index in [1.807, 2.05) is 0 Å². The molecule has 31 heavy (non-hydrogen) atoms. The molecule has 0 aromatic heterocycles. The highest BCUT2D eigenvalue weighted by Crippen LogP contribution is 2.19. The van der Waals surface area contributed by atoms with E-state index in [2.05, 4.69) is 10.6 Å². The number of hydrogen-bond acceptors (Lipinski definition) is 5. The molecule has 0 bridgehead atoms. The zero-order valence-electron chi connectivity index (χ0n) is 16.4. The summed E-state index contributed by atoms with van der Waals surface area (Å²) in [7, 11) is 0. The summed E-state index contributed by atoms with van der Waals surface area (Å²) in [6.45, 7) is 0. The second-order valence-electron chi connectivity index (χ2n) is 6.70. The Morgan fingerprint density at radius 3 is 1.68 bits per heavy atom. The number of carbonyl (C=O) groups is 2. The van der Waals surface area contributed by atoms with Gasteiger partial charge in [0.25, 0.3) is 11.8 Å². The molecule has 9 nitrogen and oxygen atoms in total. The fraction of sp³-hybridized carbons (Fsp3) is 0. The fourth-order valence-corrected chi connectivity index (χ4v) is 2.84. The topological polar surface area (TPSA) is 184 Å². The molecule has 0 saturated carbocycles. The summed E-state index contributed by atoms with van der Waals surface area (Å²) in [5.74, 6) is -1.10. The van der Waals surface area contributed by atoms with Gasteiger partial charge < -0.3 is 27.8 Å². The van der Waals surface area contributed by atoms with Crippen LogP contribution in [-0.2, 0) is 0 Å². The summed E-state index contributed by atoms with van der Waals surface area (Å²) in [4.78, 5) is 25.1. The first-order chi connectivity index (χ1) is 14.7. The van der Waals surface area contributed by atoms with Gasteiger partial charge in [-0.2, -0.15) is 0 Å². The molecule has 0 unspecified atom stereocenters. The lowest BCUT2D eigenvalue weighted by atomic mass is 10.1. The fourth-order valence-electron chi connectivity index (χ4n) is 2.84. The van der Waals surface area contributed by atoms with Gasteiger partial charge in [-0.15, -0.1) is 0 Å². The van der Waals surface area contributed by atoms with Gasteiger partial charge in [-0.3, -0.25) is 20.4 Å². The number of hydrogen-bond donors (Lipinski definition) is 7. The Labute approximate surface area is 178 Å². The quantitative estimate of drug-likeness (QED) is 0.185. The van der Waals surface area contributed by atoms with E-state index >= 15 is 0 Å². The van der Waals surface area contributed by atoms with Crippen LogP contribution in [0.15, 0.2) is 66.7 Å². The number of amidine groups is 2. The summed E-state index contributed by atoms with van der Waals surface area (Å²) in [5, 5.41) is 20.4. The van der Waals surface area contributed by atoms with Crippen LogP contribution < -0.4 is 27.8 Å². The van der Waals surface area contributed by atoms with E-state index in [4.69, 9.17) is 28.0 Å². The first-order valence-corrected chi connectivity index (χ1v) is 9.16. The minimum absolute atomic E-state index is 0.107. The Balaban J connectivity index is 1.74. The van der Waals surface area contributed by atoms with Crippen molar-refractivity contribution in [2.75, 3.05) is 16.4 Å². The van der Waals surface area contributed by atoms with E-state index in [9.17, 15) is 9.59 Å². The van der Waals surface area contributed by atoms with Gasteiger partial charge in [-0.05, 0) is 42.5 Å². The van der Waals surface area contributed by atoms with Crippen LogP contribution in [0.4, 0.5) is 17.1 Å². The van der Waals surface area contributed by atoms with E-state index in [0.717, 1.165) is 0 Å². The van der Waals surface area contributed by atoms with Crippen molar-refractivity contribution in [1.29, 1.82) is 10.8 Å². The minimum atomic E-state index is -0.459. The molecule has 0 spiro atoms. The Morgan fingerprint density at radius 2 is 1.19 bits per heavy atom. The summed E-state index contributed by atoms with van der Waals surface area (Å²) in [6.07, 6.45) is 0. The largest absolute Gasteiger partial charge is 0.398 e. The number of anilines is 3. The van der Waals surface area contributed by atoms with Crippen molar-refractivity contribution < 1.29 is 9.59 Å². The van der Waals surface area contributed by atoms with Gasteiger partial charge in [0, 0.05) is 33.8 Å². The molecule has 0 fully saturated rings. The van der Waals surface area contributed by atoms with Crippen molar-refractivity contribution in [3.63, 3.8) is 0 Å². The molecule has 0 radical (unpaired) electrons. The van der Waals surface area contributed by atoms with E-state index in [0.29, 0.717) is 22.5 Å². The summed E-state index contributed by atoms with van der Waals surface area (Å²) >= 11 is 0. The molecule has 9 heteroatoms. The third-order valence-electron chi connectivity index (χ3n) is 4.42. The van der Waals surface area contributed by atoms with E-state index < -0.39 is 11.8 Å². The van der Waals surface area contributed by atoms with Crippen LogP contribution in [0.25, 0.3) is 0 Å². The SMILES string of the molecule is N=C(N)c1cccc(NC(=O)c2ccc(C(=O)Nc3cccc(C(=N)N)c3)c(N)c2)c1. The van der Waals surface area contributed by atoms with Crippen molar-refractivity contribution >= 4 is 40.5 Å². The zero-order chi connectivity index (χ0) is 22.5. The van der Waals surface area contributed by atoms with E-state index in [1.165, 1.54) is 18.2 Å². The highest BCUT2D eigenvalue weighted by atomic mass is 16.2. The third kappa shape index (κ3) is 5.04. The van der Waals surface area contributed by atoms with Crippen LogP contribution in [-0.4, -0.2) is 23.5 Å². The highest BCUT2D eigenvalue weighted by Gasteiger charge is 2.14. The second-order valence-corrected chi connectivity index (χ2v) is 6.70. The molecule has 0 saturated heterocycles. The number of benzene rings is 3. The normalized spacial score (nSPS) is 10.2. The van der Waals surface area contributed by atoms with Crippen LogP contribution in [0.3, 0.4) is 0 Å². The molecule has 156 valence electrons. The number of nitrogens with two attached hydrogens (primary N) is 3. The number of carbonyl (C=O) groups excluding carboxylic acids is 2. The lowest BCUT2D eigenvalue weighted by Gasteiger charge is -2.11. The maximum Gasteiger partial charge on any atom is 0.257 e. The number of amides is 2. The van der Waals surface area contributed by atoms with Gasteiger partial charge in [0.15, 0.2) is 0 Å². The molecule has 10 N–H and O–H groups in total. The predicted octanol–water partition coefficient (Wildman–Crippen LogP) is 2.34. The second kappa shape index (κ2) is 8.78. The first kappa shape index (κ1) is 21.1. The highest BCUT2D eigenvalue weighted by molar-refractivity contribution is 6.11. The Morgan fingerprint density at radius 1 is 0.677 bits per heavy atom. The smallest absolute Gasteiger partial charge is 0.257 e. The third-order valence-corrected chi connectivity index (χ3v) is 4.42. The first-order valence-electron chi connectivity index (χ1n) is 9.16. The van der Waals surface area contributed by atoms with Crippen molar-refractivity contribution in [3.8, 4) is 0 Å². The molecule has 0 aliphatic heterocycles. The summed E-state index contributed by atoms with van der Waals surface area (Å²) in [6, 6.07) is 17.5. The maximum atomic E-state index is 12.6. The Hall–Kier alpha value is -4.66. The molecule has 0 atom stereocenters. The lowest BCUT2D eigenvalue weighted by Crippen LogP contribution is -2.17. The molecule has 3 aromatic rings. The van der Waals surface area contributed by atoms with Gasteiger partial charge in [-0.1, -0.05) is 24.3 Å². The average molecular weight is 415 g/mol. The number of rotatable bonds is 6. The van der Waals surface area contributed by atoms with Crippen molar-refractivity contribution in [2.24, 2.45) is 11.5 Å². The number of nitrogen functional groups attached to an aromatic ring is 3. The molecule has 0 aliphatic carbocycles. The Bertz CT molecular complexity index is 1200. The average Bonchev–Trinajstić information content (AvgIpc) is 2.73. The lowest BCUT2D eigenvalue weighted by molar-refractivity contribution is 0.101. The van der Waals surface area contributed by atoms with Crippen LogP contribution in [0.2, 0.25) is 0 Å². The van der Waals surface area contributed by atoms with E-state index in [1.54, 1.807) is 48.5 Å². The van der Waals surface area contributed by atoms with Gasteiger partial charge in [0.1, 0.15) is 11.7 Å². The molecule has 2 amide bonds.